The summed E-state index contributed by atoms with van der Waals surface area (Å²) in [6.45, 7) is 22.5. The summed E-state index contributed by atoms with van der Waals surface area (Å²) < 4.78 is 40.1. The van der Waals surface area contributed by atoms with Crippen molar-refractivity contribution in [3.8, 4) is 0 Å². The smallest absolute Gasteiger partial charge is 0.410 e. The minimum atomic E-state index is -0.811. The van der Waals surface area contributed by atoms with Gasteiger partial charge in [0.25, 0.3) is 11.8 Å². The van der Waals surface area contributed by atoms with Gasteiger partial charge in [0.05, 0.1) is 121 Å². The first-order chi connectivity index (χ1) is 65.2. The van der Waals surface area contributed by atoms with Gasteiger partial charge < -0.3 is 72.8 Å². The number of hydrogen-bond donors (Lipinski definition) is 3. The zero-order valence-electron chi connectivity index (χ0n) is 79.3. The van der Waals surface area contributed by atoms with E-state index in [1.807, 2.05) is 146 Å². The van der Waals surface area contributed by atoms with Gasteiger partial charge in [0.15, 0.2) is 0 Å². The molecule has 30 nitrogen and oxygen atoms in total. The number of pyridine rings is 3. The third-order valence-corrected chi connectivity index (χ3v) is 29.6. The topological polar surface area (TPSA) is 305 Å². The van der Waals surface area contributed by atoms with E-state index < -0.39 is 41.0 Å². The molecule has 3 aromatic carbocycles. The molecule has 33 heteroatoms. The first kappa shape index (κ1) is 95.0. The Balaban J connectivity index is 0.000000136. The Hall–Kier alpha value is -11.4. The van der Waals surface area contributed by atoms with Gasteiger partial charge in [-0.2, -0.15) is 0 Å². The van der Waals surface area contributed by atoms with Gasteiger partial charge in [0.1, 0.15) is 22.4 Å². The molecule has 6 amide bonds. The standard InChI is InChI=1S/C35H41ClN6O4.C34H39ClN6O4.C34H41ClN6O4/c1-22(2)35(11-12-35)46-33(44)42-16-14-41(15-17-42)31-25-8-7-24(36)19-26(25)27(18-23-6-5-13-38-29(23)31)30(28-20-37-21-40(28)4)39-32(43)45-34(3)9-10-34;1-33(8-9-33)20-45-32(43)41-15-13-40(14-16-41)30-24-7-6-23(35)18-25(24)26(17-22-5-4-12-37-28(22)30)29(27-19-36-21-39(27)2)38-31(42)34(44-3)10-11-34;1-33(2,3)20-45-32(43)41-15-13-40(14-16-41)30-24-9-8-23(35)18-25(24)26(17-22-7-6-12-37-28(22)30)29(27-19-36-21-39(27)4)38-31(42)34(44-5)10-11-34/h5-8,13,18-22,30-31H,9-12,14-17H2,1-4H3,(H,39,43);4-7,12,17-19,21,29-30H,8-11,13-16,20H2,1-3H3,(H,38,42);6-9,12,17-19,21,29-30H,10-11,13-16,20H2,1-5H3,(H,38,42)/t30-,31+;2*29-,30+/m111/s1. The Bertz CT molecular complexity index is 5880. The number of alkyl carbamates (subject to hydrolysis) is 1. The monoisotopic (exact) mass is 1910 g/mol. The molecule has 9 heterocycles. The van der Waals surface area contributed by atoms with Crippen molar-refractivity contribution < 1.29 is 57.2 Å². The Morgan fingerprint density at radius 2 is 0.801 bits per heavy atom. The van der Waals surface area contributed by atoms with Crippen molar-refractivity contribution in [1.82, 2.24) is 89.0 Å². The lowest BCUT2D eigenvalue weighted by Gasteiger charge is -2.40. The number of rotatable bonds is 22. The van der Waals surface area contributed by atoms with Gasteiger partial charge in [0.2, 0.25) is 0 Å². The number of ether oxygens (including phenoxy) is 6. The van der Waals surface area contributed by atoms with E-state index in [0.717, 1.165) is 139 Å². The molecule has 20 rings (SSSR count). The second-order valence-electron chi connectivity index (χ2n) is 40.2. The molecular formula is C103H121Cl3N18O12. The second-order valence-corrected chi connectivity index (χ2v) is 41.5. The highest BCUT2D eigenvalue weighted by Gasteiger charge is 2.55. The number of aryl methyl sites for hydroxylation is 3. The minimum absolute atomic E-state index is 0.0987. The number of nitrogens with one attached hydrogen (secondary N) is 3. The molecule has 716 valence electrons. The lowest BCUT2D eigenvalue weighted by Crippen LogP contribution is -2.51. The van der Waals surface area contributed by atoms with Crippen LogP contribution < -0.4 is 16.0 Å². The van der Waals surface area contributed by atoms with Crippen molar-refractivity contribution in [1.29, 1.82) is 0 Å². The maximum absolute atomic E-state index is 13.6. The fourth-order valence-corrected chi connectivity index (χ4v) is 19.9. The average molecular weight is 1910 g/mol. The molecule has 0 spiro atoms. The van der Waals surface area contributed by atoms with E-state index in [1.165, 1.54) is 0 Å². The summed E-state index contributed by atoms with van der Waals surface area (Å²) in [5.74, 6) is 0.00793. The van der Waals surface area contributed by atoms with Crippen LogP contribution in [0.1, 0.15) is 233 Å². The SMILES string of the molecule is CC(C)C1(OC(=O)N2CCN([C@H]3c4ccc(Cl)cc4C([C@@H](NC(=O)OC4(C)CC4)c4cncn4C)=Cc4cccnc43)CC2)CC1.COC1(C(=O)N[C@H](C2=Cc3cccnc3[C@@H](N3CCN(C(=O)OCC(C)(C)C)CC3)c3ccc(Cl)cc32)c2cncn2C)CC1.COC1(C(=O)N[C@H](C2=Cc3cccnc3[C@@H](N3CCN(C(=O)OCC4(C)CC4)CC3)c3ccc(Cl)cc32)c2cncn2C)CC1. The van der Waals surface area contributed by atoms with Gasteiger partial charge in [-0.3, -0.25) is 39.2 Å². The molecule has 6 aromatic heterocycles. The van der Waals surface area contributed by atoms with Crippen LogP contribution in [0.25, 0.3) is 34.9 Å². The summed E-state index contributed by atoms with van der Waals surface area (Å²) in [6, 6.07) is 27.6. The third kappa shape index (κ3) is 20.2. The van der Waals surface area contributed by atoms with Gasteiger partial charge >= 0.3 is 24.4 Å². The number of aromatic nitrogens is 9. The van der Waals surface area contributed by atoms with Crippen LogP contribution in [0.15, 0.2) is 147 Å². The maximum Gasteiger partial charge on any atom is 0.410 e. The molecule has 3 aliphatic heterocycles. The van der Waals surface area contributed by atoms with Gasteiger partial charge in [0, 0.05) is 153 Å². The number of methoxy groups -OCH3 is 2. The normalized spacial score (nSPS) is 21.2. The van der Waals surface area contributed by atoms with Crippen LogP contribution in [0.4, 0.5) is 19.2 Å². The number of imidazole rings is 3. The number of piperazine rings is 3. The fraction of sp³-hybridized carbons (Fsp3) is 0.476. The largest absolute Gasteiger partial charge is 0.449 e. The zero-order chi connectivity index (χ0) is 95.5. The van der Waals surface area contributed by atoms with Gasteiger partial charge in [-0.25, -0.2) is 34.1 Å². The highest BCUT2D eigenvalue weighted by atomic mass is 35.5. The molecule has 5 saturated carbocycles. The molecular weight excluding hydrogens is 1790 g/mol. The highest BCUT2D eigenvalue weighted by molar-refractivity contribution is 6.31. The molecule has 8 fully saturated rings. The quantitative estimate of drug-likeness (QED) is 0.0531. The van der Waals surface area contributed by atoms with Gasteiger partial charge in [-0.1, -0.05) is 113 Å². The van der Waals surface area contributed by atoms with Crippen molar-refractivity contribution in [2.24, 2.45) is 37.9 Å². The molecule has 0 unspecified atom stereocenters. The van der Waals surface area contributed by atoms with Crippen molar-refractivity contribution in [2.75, 3.05) is 106 Å². The predicted molar refractivity (Wildman–Crippen MR) is 518 cm³/mol. The Kier molecular flexibility index (Phi) is 26.9. The van der Waals surface area contributed by atoms with Crippen LogP contribution >= 0.6 is 34.8 Å². The number of nitrogens with zero attached hydrogens (tertiary/aromatic N) is 15. The van der Waals surface area contributed by atoms with Crippen molar-refractivity contribution in [3.63, 3.8) is 0 Å². The Labute approximate surface area is 808 Å². The molecule has 11 aliphatic rings. The van der Waals surface area contributed by atoms with Crippen LogP contribution in [-0.2, 0) is 59.2 Å². The number of carbonyl (C=O) groups excluding carboxylic acids is 6. The Morgan fingerprint density at radius 1 is 0.449 bits per heavy atom. The zero-order valence-corrected chi connectivity index (χ0v) is 81.6. The number of fused-ring (bicyclic) bond motifs is 6. The lowest BCUT2D eigenvalue weighted by molar-refractivity contribution is -0.134. The number of carbonyl (C=O) groups is 6. The molecule has 3 N–H and O–H groups in total. The third-order valence-electron chi connectivity index (χ3n) is 28.9. The predicted octanol–water partition coefficient (Wildman–Crippen LogP) is 16.6. The van der Waals surface area contributed by atoms with Gasteiger partial charge in [-0.15, -0.1) is 0 Å². The first-order valence-corrected chi connectivity index (χ1v) is 48.4. The number of hydrogen-bond acceptors (Lipinski definition) is 21. The van der Waals surface area contributed by atoms with E-state index in [4.69, 9.17) is 78.2 Å². The second kappa shape index (κ2) is 38.6. The van der Waals surface area contributed by atoms with Crippen molar-refractivity contribution in [3.05, 3.63) is 246 Å². The average Bonchev–Trinajstić information content (AvgIpc) is 1.60. The molecule has 0 bridgehead atoms. The molecule has 0 radical (unpaired) electrons. The molecule has 6 atom stereocenters. The fourth-order valence-electron chi connectivity index (χ4n) is 19.4. The molecule has 3 saturated heterocycles. The number of benzene rings is 3. The van der Waals surface area contributed by atoms with E-state index in [-0.39, 0.29) is 64.7 Å². The van der Waals surface area contributed by atoms with E-state index in [9.17, 15) is 28.8 Å². The van der Waals surface area contributed by atoms with Crippen LogP contribution in [0.3, 0.4) is 0 Å². The molecule has 9 aromatic rings. The molecule has 136 heavy (non-hydrogen) atoms. The van der Waals surface area contributed by atoms with E-state index in [1.54, 1.807) is 56.7 Å². The van der Waals surface area contributed by atoms with E-state index in [0.29, 0.717) is 138 Å². The highest BCUT2D eigenvalue weighted by Crippen LogP contribution is 2.53. The first-order valence-electron chi connectivity index (χ1n) is 47.3. The summed E-state index contributed by atoms with van der Waals surface area (Å²) in [7, 11) is 8.93. The van der Waals surface area contributed by atoms with Crippen LogP contribution in [-0.4, -0.2) is 238 Å². The molecule has 8 aliphatic carbocycles. The summed E-state index contributed by atoms with van der Waals surface area (Å²) in [6.07, 6.45) is 29.6. The van der Waals surface area contributed by atoms with Gasteiger partial charge in [-0.05, 0) is 222 Å². The summed E-state index contributed by atoms with van der Waals surface area (Å²) in [5.41, 5.74) is 14.3. The maximum atomic E-state index is 13.6. The van der Waals surface area contributed by atoms with Crippen LogP contribution in [0.5, 0.6) is 0 Å². The lowest BCUT2D eigenvalue weighted by atomic mass is 9.89. The minimum Gasteiger partial charge on any atom is -0.449 e. The van der Waals surface area contributed by atoms with Crippen molar-refractivity contribution in [2.45, 2.75) is 171 Å². The van der Waals surface area contributed by atoms with Crippen LogP contribution in [0.2, 0.25) is 15.1 Å². The summed E-state index contributed by atoms with van der Waals surface area (Å²) in [4.78, 5) is 120. The summed E-state index contributed by atoms with van der Waals surface area (Å²) in [5, 5.41) is 11.6. The Morgan fingerprint density at radius 3 is 1.11 bits per heavy atom. The van der Waals surface area contributed by atoms with Crippen molar-refractivity contribution >= 4 is 106 Å². The van der Waals surface area contributed by atoms with E-state index >= 15 is 0 Å². The van der Waals surface area contributed by atoms with Crippen LogP contribution in [0, 0.1) is 16.7 Å². The van der Waals surface area contributed by atoms with E-state index in [2.05, 4.69) is 121 Å². The summed E-state index contributed by atoms with van der Waals surface area (Å²) >= 11 is 20.1. The number of amides is 6. The number of halogens is 3.